The number of fused-ring (bicyclic) bond motifs is 1. The first kappa shape index (κ1) is 28.2. The van der Waals surface area contributed by atoms with Crippen LogP contribution in [0.4, 0.5) is 0 Å². The van der Waals surface area contributed by atoms with E-state index in [2.05, 4.69) is 28.0 Å². The Kier molecular flexibility index (Phi) is 8.74. The predicted octanol–water partition coefficient (Wildman–Crippen LogP) is 4.37. The molecule has 2 aliphatic carbocycles. The normalized spacial score (nSPS) is 22.5. The van der Waals surface area contributed by atoms with Gasteiger partial charge < -0.3 is 19.3 Å². The highest BCUT2D eigenvalue weighted by atomic mass is 32.2. The van der Waals surface area contributed by atoms with E-state index < -0.39 is 11.6 Å². The molecule has 1 aromatic carbocycles. The Hall–Kier alpha value is -2.29. The van der Waals surface area contributed by atoms with Crippen molar-refractivity contribution in [1.29, 1.82) is 0 Å². The van der Waals surface area contributed by atoms with Crippen molar-refractivity contribution in [2.24, 2.45) is 5.41 Å². The summed E-state index contributed by atoms with van der Waals surface area (Å²) in [6.45, 7) is 3.02. The first-order valence-electron chi connectivity index (χ1n) is 14.5. The highest BCUT2D eigenvalue weighted by Gasteiger charge is 2.48. The second-order valence-electron chi connectivity index (χ2n) is 11.8. The number of allylic oxidation sites excluding steroid dienone is 3. The third-order valence-corrected chi connectivity index (χ3v) is 10.2. The third kappa shape index (κ3) is 5.66. The monoisotopic (exact) mass is 552 g/mol. The lowest BCUT2D eigenvalue weighted by molar-refractivity contribution is -0.143. The standard InChI is InChI=1S/C31H44N4O3S/c1-33(2)31(15-9-10-16-31)29(37)32-26(22-38-21-24-11-5-4-6-12-24)28(36)34-19-17-30(18-20-34)23-35(39-3)27-14-8-7-13-25(27)30/h4-7,11-13,26H,8-10,14-23H2,1-3H3,(H,32,37). The molecular weight excluding hydrogens is 508 g/mol. The second-order valence-corrected chi connectivity index (χ2v) is 12.6. The van der Waals surface area contributed by atoms with Gasteiger partial charge in [0.1, 0.15) is 6.04 Å². The number of benzene rings is 1. The van der Waals surface area contributed by atoms with E-state index in [0.29, 0.717) is 19.7 Å². The van der Waals surface area contributed by atoms with Gasteiger partial charge in [-0.2, -0.15) is 0 Å². The lowest BCUT2D eigenvalue weighted by Gasteiger charge is -2.42. The van der Waals surface area contributed by atoms with Crippen LogP contribution in [0, 0.1) is 5.41 Å². The predicted molar refractivity (Wildman–Crippen MR) is 157 cm³/mol. The molecule has 8 heteroatoms. The van der Waals surface area contributed by atoms with E-state index in [1.165, 1.54) is 11.3 Å². The minimum atomic E-state index is -0.691. The van der Waals surface area contributed by atoms with E-state index in [0.717, 1.165) is 63.5 Å². The van der Waals surface area contributed by atoms with Gasteiger partial charge in [-0.1, -0.05) is 67.3 Å². The fraction of sp³-hybridized carbons (Fsp3) is 0.613. The van der Waals surface area contributed by atoms with Gasteiger partial charge in [0.2, 0.25) is 11.8 Å². The fourth-order valence-corrected chi connectivity index (χ4v) is 7.79. The minimum absolute atomic E-state index is 0.0220. The largest absolute Gasteiger partial charge is 0.374 e. The Labute approximate surface area is 238 Å². The molecule has 0 aromatic heterocycles. The number of hydrogen-bond acceptors (Lipinski definition) is 6. The molecule has 1 unspecified atom stereocenters. The fourth-order valence-electron chi connectivity index (χ4n) is 7.00. The van der Waals surface area contributed by atoms with E-state index in [-0.39, 0.29) is 23.8 Å². The molecule has 1 N–H and O–H groups in total. The van der Waals surface area contributed by atoms with Crippen molar-refractivity contribution in [3.63, 3.8) is 0 Å². The maximum Gasteiger partial charge on any atom is 0.247 e. The molecule has 212 valence electrons. The van der Waals surface area contributed by atoms with Crippen molar-refractivity contribution >= 4 is 23.8 Å². The van der Waals surface area contributed by atoms with E-state index in [4.69, 9.17) is 4.74 Å². The van der Waals surface area contributed by atoms with Crippen molar-refractivity contribution in [2.45, 2.75) is 69.6 Å². The first-order valence-corrected chi connectivity index (χ1v) is 15.7. The number of likely N-dealkylation sites (N-methyl/N-ethyl adjacent to an activating group) is 1. The number of nitrogens with one attached hydrogen (secondary N) is 1. The van der Waals surface area contributed by atoms with Crippen LogP contribution in [-0.4, -0.2) is 84.1 Å². The van der Waals surface area contributed by atoms with E-state index in [1.807, 2.05) is 66.2 Å². The molecule has 1 saturated heterocycles. The Balaban J connectivity index is 1.28. The molecular formula is C31H44N4O3S. The smallest absolute Gasteiger partial charge is 0.247 e. The molecule has 0 radical (unpaired) electrons. The number of amides is 2. The lowest BCUT2D eigenvalue weighted by atomic mass is 9.72. The van der Waals surface area contributed by atoms with Gasteiger partial charge >= 0.3 is 0 Å². The molecule has 1 saturated carbocycles. The molecule has 2 heterocycles. The summed E-state index contributed by atoms with van der Waals surface area (Å²) in [7, 11) is 3.94. The van der Waals surface area contributed by atoms with Gasteiger partial charge in [0.15, 0.2) is 0 Å². The molecule has 1 atom stereocenters. The topological polar surface area (TPSA) is 65.1 Å². The van der Waals surface area contributed by atoms with Crippen molar-refractivity contribution in [3.8, 4) is 0 Å². The second kappa shape index (κ2) is 12.1. The highest BCUT2D eigenvalue weighted by molar-refractivity contribution is 7.96. The Morgan fingerprint density at radius 2 is 1.82 bits per heavy atom. The van der Waals surface area contributed by atoms with Gasteiger partial charge in [0, 0.05) is 37.0 Å². The van der Waals surface area contributed by atoms with Crippen LogP contribution in [0.25, 0.3) is 0 Å². The molecule has 2 fully saturated rings. The van der Waals surface area contributed by atoms with Crippen LogP contribution in [0.2, 0.25) is 0 Å². The molecule has 7 nitrogen and oxygen atoms in total. The van der Waals surface area contributed by atoms with Crippen LogP contribution < -0.4 is 5.32 Å². The van der Waals surface area contributed by atoms with Crippen LogP contribution in [0.15, 0.2) is 53.8 Å². The van der Waals surface area contributed by atoms with Gasteiger partial charge in [-0.25, -0.2) is 0 Å². The van der Waals surface area contributed by atoms with E-state index in [1.54, 1.807) is 0 Å². The average Bonchev–Trinajstić information content (AvgIpc) is 3.58. The summed E-state index contributed by atoms with van der Waals surface area (Å²) in [5, 5.41) is 3.16. The van der Waals surface area contributed by atoms with Gasteiger partial charge in [0.25, 0.3) is 0 Å². The number of piperidine rings is 1. The summed E-state index contributed by atoms with van der Waals surface area (Å²) in [6, 6.07) is 9.28. The Morgan fingerprint density at radius 3 is 2.49 bits per heavy atom. The summed E-state index contributed by atoms with van der Waals surface area (Å²) >= 11 is 1.82. The van der Waals surface area contributed by atoms with Crippen LogP contribution in [-0.2, 0) is 20.9 Å². The van der Waals surface area contributed by atoms with Crippen LogP contribution in [0.3, 0.4) is 0 Å². The van der Waals surface area contributed by atoms with E-state index in [9.17, 15) is 9.59 Å². The lowest BCUT2D eigenvalue weighted by Crippen LogP contribution is -2.61. The number of rotatable bonds is 9. The summed E-state index contributed by atoms with van der Waals surface area (Å²) < 4.78 is 8.51. The van der Waals surface area contributed by atoms with Crippen molar-refractivity contribution in [3.05, 3.63) is 59.3 Å². The zero-order valence-corrected chi connectivity index (χ0v) is 24.6. The maximum absolute atomic E-state index is 13.9. The Bertz CT molecular complexity index is 1090. The van der Waals surface area contributed by atoms with Gasteiger partial charge in [0.05, 0.1) is 18.8 Å². The number of carbonyl (C=O) groups is 2. The number of carbonyl (C=O) groups excluding carboxylic acids is 2. The minimum Gasteiger partial charge on any atom is -0.374 e. The summed E-state index contributed by atoms with van der Waals surface area (Å²) in [5.41, 5.74) is 3.59. The van der Waals surface area contributed by atoms with Gasteiger partial charge in [-0.05, 0) is 63.8 Å². The molecule has 2 amide bonds. The first-order chi connectivity index (χ1) is 18.9. The number of ether oxygens (including phenoxy) is 1. The molecule has 1 spiro atoms. The molecule has 1 aromatic rings. The van der Waals surface area contributed by atoms with Crippen molar-refractivity contribution in [2.75, 3.05) is 46.6 Å². The molecule has 5 rings (SSSR count). The highest BCUT2D eigenvalue weighted by Crippen LogP contribution is 2.51. The van der Waals surface area contributed by atoms with Crippen LogP contribution in [0.1, 0.15) is 56.9 Å². The van der Waals surface area contributed by atoms with Crippen molar-refractivity contribution < 1.29 is 14.3 Å². The average molecular weight is 553 g/mol. The van der Waals surface area contributed by atoms with Crippen molar-refractivity contribution in [1.82, 2.24) is 19.4 Å². The zero-order chi connectivity index (χ0) is 27.5. The third-order valence-electron chi connectivity index (χ3n) is 9.42. The zero-order valence-electron chi connectivity index (χ0n) is 23.8. The summed E-state index contributed by atoms with van der Waals surface area (Å²) in [5.74, 6) is -0.0695. The molecule has 0 bridgehead atoms. The number of nitrogens with zero attached hydrogens (tertiary/aromatic N) is 3. The number of hydrogen-bond donors (Lipinski definition) is 1. The SMILES string of the molecule is CSN1CC2(CCN(C(=O)C(COCc3ccccc3)NC(=O)C3(N(C)C)CCCC3)CC2)C2=C1CCC=C2. The summed E-state index contributed by atoms with van der Waals surface area (Å²) in [6.07, 6.45) is 14.6. The van der Waals surface area contributed by atoms with Gasteiger partial charge in [-0.15, -0.1) is 0 Å². The molecule has 2 aliphatic heterocycles. The summed E-state index contributed by atoms with van der Waals surface area (Å²) in [4.78, 5) is 31.6. The maximum atomic E-state index is 13.9. The molecule has 39 heavy (non-hydrogen) atoms. The van der Waals surface area contributed by atoms with Gasteiger partial charge in [-0.3, -0.25) is 14.5 Å². The van der Waals surface area contributed by atoms with Crippen LogP contribution >= 0.6 is 11.9 Å². The molecule has 4 aliphatic rings. The van der Waals surface area contributed by atoms with E-state index >= 15 is 0 Å². The van der Waals surface area contributed by atoms with Crippen LogP contribution in [0.5, 0.6) is 0 Å². The quantitative estimate of drug-likeness (QED) is 0.459. The Morgan fingerprint density at radius 1 is 1.10 bits per heavy atom. The number of likely N-dealkylation sites (tertiary alicyclic amines) is 1.